The number of hydrogen-bond acceptors (Lipinski definition) is 6. The number of nitrogens with zero attached hydrogens (tertiary/aromatic N) is 5. The van der Waals surface area contributed by atoms with Gasteiger partial charge in [0.2, 0.25) is 5.95 Å². The summed E-state index contributed by atoms with van der Waals surface area (Å²) in [6, 6.07) is 8.14. The Morgan fingerprint density at radius 2 is 2.00 bits per heavy atom. The van der Waals surface area contributed by atoms with Crippen LogP contribution in [0.5, 0.6) is 0 Å². The number of likely N-dealkylation sites (N-methyl/N-ethyl adjacent to an activating group) is 1. The van der Waals surface area contributed by atoms with Crippen LogP contribution < -0.4 is 10.2 Å². The predicted octanol–water partition coefficient (Wildman–Crippen LogP) is 2.07. The Labute approximate surface area is 131 Å². The SMILES string of the molecule is CCN1CCN(c2cnnc(Nc3cccc(C)c3)n2)CC1. The highest BCUT2D eigenvalue weighted by Crippen LogP contribution is 2.17. The molecule has 1 aromatic carbocycles. The molecule has 0 aliphatic carbocycles. The minimum absolute atomic E-state index is 0.543. The maximum Gasteiger partial charge on any atom is 0.249 e. The van der Waals surface area contributed by atoms with E-state index in [0.29, 0.717) is 5.95 Å². The molecule has 1 aromatic heterocycles. The molecule has 1 saturated heterocycles. The van der Waals surface area contributed by atoms with Gasteiger partial charge in [-0.25, -0.2) is 0 Å². The van der Waals surface area contributed by atoms with Crippen molar-refractivity contribution in [2.45, 2.75) is 13.8 Å². The monoisotopic (exact) mass is 298 g/mol. The summed E-state index contributed by atoms with van der Waals surface area (Å²) in [4.78, 5) is 9.30. The maximum absolute atomic E-state index is 4.59. The van der Waals surface area contributed by atoms with Crippen molar-refractivity contribution in [2.24, 2.45) is 0 Å². The van der Waals surface area contributed by atoms with Gasteiger partial charge in [-0.15, -0.1) is 5.10 Å². The average Bonchev–Trinajstić information content (AvgIpc) is 2.55. The summed E-state index contributed by atoms with van der Waals surface area (Å²) in [5.41, 5.74) is 2.18. The normalized spacial score (nSPS) is 15.8. The second-order valence-electron chi connectivity index (χ2n) is 5.55. The van der Waals surface area contributed by atoms with Crippen molar-refractivity contribution < 1.29 is 0 Å². The third-order valence-electron chi connectivity index (χ3n) is 3.96. The molecule has 2 heterocycles. The van der Waals surface area contributed by atoms with Crippen LogP contribution in [-0.4, -0.2) is 52.8 Å². The Morgan fingerprint density at radius 1 is 1.18 bits per heavy atom. The van der Waals surface area contributed by atoms with Crippen LogP contribution in [0.1, 0.15) is 12.5 Å². The molecule has 0 saturated carbocycles. The van der Waals surface area contributed by atoms with Crippen LogP contribution in [0.2, 0.25) is 0 Å². The third kappa shape index (κ3) is 3.51. The second-order valence-corrected chi connectivity index (χ2v) is 5.55. The van der Waals surface area contributed by atoms with E-state index in [1.807, 2.05) is 12.1 Å². The van der Waals surface area contributed by atoms with Crippen LogP contribution in [0.25, 0.3) is 0 Å². The Hall–Kier alpha value is -2.21. The standard InChI is InChI=1S/C16H22N6/c1-3-21-7-9-22(10-8-21)15-12-17-20-16(19-15)18-14-6-4-5-13(2)11-14/h4-6,11-12H,3,7-10H2,1-2H3,(H,18,19,20). The van der Waals surface area contributed by atoms with Crippen LogP contribution in [0, 0.1) is 6.92 Å². The Morgan fingerprint density at radius 3 is 2.73 bits per heavy atom. The number of piperazine rings is 1. The zero-order valence-electron chi connectivity index (χ0n) is 13.2. The van der Waals surface area contributed by atoms with E-state index < -0.39 is 0 Å². The molecule has 0 atom stereocenters. The number of rotatable bonds is 4. The van der Waals surface area contributed by atoms with Gasteiger partial charge in [-0.2, -0.15) is 10.1 Å². The molecule has 0 spiro atoms. The van der Waals surface area contributed by atoms with Crippen molar-refractivity contribution in [3.8, 4) is 0 Å². The molecule has 0 radical (unpaired) electrons. The molecule has 1 aliphatic heterocycles. The summed E-state index contributed by atoms with van der Waals surface area (Å²) in [6.07, 6.45) is 1.74. The van der Waals surface area contributed by atoms with E-state index >= 15 is 0 Å². The minimum Gasteiger partial charge on any atom is -0.353 e. The van der Waals surface area contributed by atoms with Crippen molar-refractivity contribution in [1.29, 1.82) is 0 Å². The Balaban J connectivity index is 1.70. The van der Waals surface area contributed by atoms with Gasteiger partial charge in [0.25, 0.3) is 0 Å². The number of aryl methyl sites for hydroxylation is 1. The smallest absolute Gasteiger partial charge is 0.249 e. The first kappa shape index (κ1) is 14.7. The fourth-order valence-electron chi connectivity index (χ4n) is 2.65. The molecular weight excluding hydrogens is 276 g/mol. The number of aromatic nitrogens is 3. The largest absolute Gasteiger partial charge is 0.353 e. The van der Waals surface area contributed by atoms with Crippen LogP contribution in [0.15, 0.2) is 30.5 Å². The van der Waals surface area contributed by atoms with Gasteiger partial charge in [-0.3, -0.25) is 0 Å². The number of hydrogen-bond donors (Lipinski definition) is 1. The van der Waals surface area contributed by atoms with Gasteiger partial charge in [0.1, 0.15) is 0 Å². The zero-order valence-corrected chi connectivity index (χ0v) is 13.2. The average molecular weight is 298 g/mol. The molecule has 0 amide bonds. The van der Waals surface area contributed by atoms with E-state index in [4.69, 9.17) is 0 Å². The second kappa shape index (κ2) is 6.70. The third-order valence-corrected chi connectivity index (χ3v) is 3.96. The molecule has 0 bridgehead atoms. The predicted molar refractivity (Wildman–Crippen MR) is 88.6 cm³/mol. The van der Waals surface area contributed by atoms with Crippen molar-refractivity contribution in [3.63, 3.8) is 0 Å². The summed E-state index contributed by atoms with van der Waals surface area (Å²) in [6.45, 7) is 9.48. The first-order valence-electron chi connectivity index (χ1n) is 7.75. The van der Waals surface area contributed by atoms with Gasteiger partial charge in [-0.05, 0) is 31.2 Å². The topological polar surface area (TPSA) is 57.2 Å². The fraction of sp³-hybridized carbons (Fsp3) is 0.438. The molecule has 22 heavy (non-hydrogen) atoms. The van der Waals surface area contributed by atoms with E-state index in [-0.39, 0.29) is 0 Å². The molecule has 0 unspecified atom stereocenters. The lowest BCUT2D eigenvalue weighted by atomic mass is 10.2. The van der Waals surface area contributed by atoms with Gasteiger partial charge < -0.3 is 15.1 Å². The summed E-state index contributed by atoms with van der Waals surface area (Å²) in [7, 11) is 0. The molecule has 1 fully saturated rings. The minimum atomic E-state index is 0.543. The lowest BCUT2D eigenvalue weighted by Crippen LogP contribution is -2.46. The first-order chi connectivity index (χ1) is 10.7. The summed E-state index contributed by atoms with van der Waals surface area (Å²) < 4.78 is 0. The van der Waals surface area contributed by atoms with Gasteiger partial charge in [0, 0.05) is 31.9 Å². The molecule has 6 nitrogen and oxygen atoms in total. The number of nitrogens with one attached hydrogen (secondary N) is 1. The zero-order chi connectivity index (χ0) is 15.4. The van der Waals surface area contributed by atoms with Crippen molar-refractivity contribution in [2.75, 3.05) is 42.9 Å². The molecule has 3 rings (SSSR count). The van der Waals surface area contributed by atoms with E-state index in [9.17, 15) is 0 Å². The summed E-state index contributed by atoms with van der Waals surface area (Å²) in [5, 5.41) is 11.4. The van der Waals surface area contributed by atoms with Crippen LogP contribution in [-0.2, 0) is 0 Å². The molecule has 1 N–H and O–H groups in total. The van der Waals surface area contributed by atoms with Crippen molar-refractivity contribution in [3.05, 3.63) is 36.0 Å². The lowest BCUT2D eigenvalue weighted by Gasteiger charge is -2.34. The number of benzene rings is 1. The van der Waals surface area contributed by atoms with Gasteiger partial charge >= 0.3 is 0 Å². The van der Waals surface area contributed by atoms with Crippen LogP contribution >= 0.6 is 0 Å². The van der Waals surface area contributed by atoms with Crippen molar-refractivity contribution in [1.82, 2.24) is 20.1 Å². The fourth-order valence-corrected chi connectivity index (χ4v) is 2.65. The molecule has 116 valence electrons. The summed E-state index contributed by atoms with van der Waals surface area (Å²) in [5.74, 6) is 1.43. The highest BCUT2D eigenvalue weighted by atomic mass is 15.3. The Kier molecular flexibility index (Phi) is 4.48. The van der Waals surface area contributed by atoms with E-state index in [0.717, 1.165) is 44.2 Å². The lowest BCUT2D eigenvalue weighted by molar-refractivity contribution is 0.270. The molecule has 6 heteroatoms. The van der Waals surface area contributed by atoms with Gasteiger partial charge in [0.15, 0.2) is 5.82 Å². The van der Waals surface area contributed by atoms with Crippen molar-refractivity contribution >= 4 is 17.5 Å². The summed E-state index contributed by atoms with van der Waals surface area (Å²) >= 11 is 0. The van der Waals surface area contributed by atoms with Gasteiger partial charge in [0.05, 0.1) is 6.20 Å². The van der Waals surface area contributed by atoms with E-state index in [2.05, 4.69) is 56.3 Å². The first-order valence-corrected chi connectivity index (χ1v) is 7.75. The molecule has 2 aromatic rings. The van der Waals surface area contributed by atoms with E-state index in [1.54, 1.807) is 6.20 Å². The maximum atomic E-state index is 4.59. The Bertz CT molecular complexity index is 622. The quantitative estimate of drug-likeness (QED) is 0.932. The molecule has 1 aliphatic rings. The highest BCUT2D eigenvalue weighted by molar-refractivity contribution is 5.55. The molecular formula is C16H22N6. The van der Waals surface area contributed by atoms with E-state index in [1.165, 1.54) is 5.56 Å². The highest BCUT2D eigenvalue weighted by Gasteiger charge is 2.17. The van der Waals surface area contributed by atoms with Crippen LogP contribution in [0.4, 0.5) is 17.5 Å². The van der Waals surface area contributed by atoms with Gasteiger partial charge in [-0.1, -0.05) is 19.1 Å². The van der Waals surface area contributed by atoms with Crippen LogP contribution in [0.3, 0.4) is 0 Å². The number of anilines is 3.